The number of benzene rings is 2. The lowest BCUT2D eigenvalue weighted by Crippen LogP contribution is -2.30. The third-order valence-electron chi connectivity index (χ3n) is 4.86. The van der Waals surface area contributed by atoms with Crippen LogP contribution in [0, 0.1) is 5.92 Å². The predicted molar refractivity (Wildman–Crippen MR) is 108 cm³/mol. The first kappa shape index (κ1) is 18.4. The summed E-state index contributed by atoms with van der Waals surface area (Å²) in [5.74, 6) is -0.987. The molecule has 0 spiro atoms. The molecular formula is C21H18BrN3O3. The van der Waals surface area contributed by atoms with Gasteiger partial charge in [0.05, 0.1) is 11.5 Å². The third kappa shape index (κ3) is 3.45. The molecule has 1 atom stereocenters. The number of anilines is 1. The molecule has 2 amide bonds. The van der Waals surface area contributed by atoms with E-state index in [4.69, 9.17) is 0 Å². The van der Waals surface area contributed by atoms with Crippen molar-refractivity contribution in [3.8, 4) is 0 Å². The Balaban J connectivity index is 1.60. The first-order valence-corrected chi connectivity index (χ1v) is 9.78. The van der Waals surface area contributed by atoms with Crippen molar-refractivity contribution in [2.75, 3.05) is 18.4 Å². The second kappa shape index (κ2) is 7.59. The summed E-state index contributed by atoms with van der Waals surface area (Å²) in [6.07, 6.45) is -0.0764. The molecule has 7 heteroatoms. The van der Waals surface area contributed by atoms with Gasteiger partial charge in [-0.2, -0.15) is 0 Å². The molecule has 0 saturated carbocycles. The zero-order valence-corrected chi connectivity index (χ0v) is 16.5. The van der Waals surface area contributed by atoms with Crippen LogP contribution in [0.15, 0.2) is 70.5 Å². The van der Waals surface area contributed by atoms with Crippen LogP contribution in [-0.4, -0.2) is 35.6 Å². The van der Waals surface area contributed by atoms with Crippen molar-refractivity contribution in [1.82, 2.24) is 10.2 Å². The Morgan fingerprint density at radius 3 is 2.54 bits per heavy atom. The highest BCUT2D eigenvalue weighted by atomic mass is 79.9. The highest BCUT2D eigenvalue weighted by Gasteiger charge is 2.45. The number of para-hydroxylation sites is 1. The maximum Gasteiger partial charge on any atom is 0.236 e. The zero-order valence-electron chi connectivity index (χ0n) is 14.9. The molecule has 142 valence electrons. The largest absolute Gasteiger partial charge is 0.369 e. The minimum atomic E-state index is -0.789. The van der Waals surface area contributed by atoms with E-state index < -0.39 is 5.92 Å². The van der Waals surface area contributed by atoms with Crippen LogP contribution >= 0.6 is 15.9 Å². The molecule has 4 rings (SSSR count). The van der Waals surface area contributed by atoms with Crippen LogP contribution in [-0.2, 0) is 9.59 Å². The van der Waals surface area contributed by atoms with Gasteiger partial charge >= 0.3 is 0 Å². The van der Waals surface area contributed by atoms with Gasteiger partial charge in [0.2, 0.25) is 11.8 Å². The van der Waals surface area contributed by atoms with Gasteiger partial charge in [-0.3, -0.25) is 19.3 Å². The summed E-state index contributed by atoms with van der Waals surface area (Å²) in [4.78, 5) is 40.2. The Kier molecular flexibility index (Phi) is 5.00. The first-order valence-electron chi connectivity index (χ1n) is 8.99. The van der Waals surface area contributed by atoms with Gasteiger partial charge in [-0.05, 0) is 36.4 Å². The van der Waals surface area contributed by atoms with E-state index in [1.165, 1.54) is 0 Å². The van der Waals surface area contributed by atoms with E-state index in [2.05, 4.69) is 26.6 Å². The summed E-state index contributed by atoms with van der Waals surface area (Å²) < 4.78 is 0.864. The third-order valence-corrected chi connectivity index (χ3v) is 5.39. The molecule has 2 aliphatic heterocycles. The van der Waals surface area contributed by atoms with Crippen molar-refractivity contribution in [3.05, 3.63) is 76.0 Å². The second-order valence-electron chi connectivity index (χ2n) is 6.69. The van der Waals surface area contributed by atoms with E-state index in [1.807, 2.05) is 18.2 Å². The molecule has 0 aromatic heterocycles. The van der Waals surface area contributed by atoms with E-state index >= 15 is 0 Å². The predicted octanol–water partition coefficient (Wildman–Crippen LogP) is 2.93. The molecule has 6 nitrogen and oxygen atoms in total. The van der Waals surface area contributed by atoms with Gasteiger partial charge in [-0.15, -0.1) is 0 Å². The monoisotopic (exact) mass is 439 g/mol. The number of hydrogen-bond acceptors (Lipinski definition) is 4. The summed E-state index contributed by atoms with van der Waals surface area (Å²) >= 11 is 3.36. The van der Waals surface area contributed by atoms with Gasteiger partial charge < -0.3 is 10.6 Å². The van der Waals surface area contributed by atoms with Crippen LogP contribution in [0.5, 0.6) is 0 Å². The molecule has 2 aromatic rings. The second-order valence-corrected chi connectivity index (χ2v) is 7.60. The Bertz CT molecular complexity index is 970. The fourth-order valence-corrected chi connectivity index (χ4v) is 3.83. The van der Waals surface area contributed by atoms with Gasteiger partial charge in [0, 0.05) is 35.2 Å². The molecule has 1 fully saturated rings. The van der Waals surface area contributed by atoms with Crippen molar-refractivity contribution in [2.24, 2.45) is 5.92 Å². The lowest BCUT2D eigenvalue weighted by Gasteiger charge is -2.14. The molecule has 2 heterocycles. The average molecular weight is 440 g/mol. The van der Waals surface area contributed by atoms with Crippen molar-refractivity contribution in [1.29, 1.82) is 0 Å². The summed E-state index contributed by atoms with van der Waals surface area (Å²) in [7, 11) is 0. The van der Waals surface area contributed by atoms with Gasteiger partial charge in [0.1, 0.15) is 5.82 Å². The number of ketones is 1. The van der Waals surface area contributed by atoms with Gasteiger partial charge in [-0.25, -0.2) is 0 Å². The molecule has 0 radical (unpaired) electrons. The Hall–Kier alpha value is -2.93. The average Bonchev–Trinajstić information content (AvgIpc) is 3.26. The number of rotatable bonds is 5. The molecule has 0 bridgehead atoms. The summed E-state index contributed by atoms with van der Waals surface area (Å²) in [6, 6.07) is 16.0. The topological polar surface area (TPSA) is 78.5 Å². The molecule has 0 unspecified atom stereocenters. The molecular weight excluding hydrogens is 422 g/mol. The quantitative estimate of drug-likeness (QED) is 0.701. The number of Topliss-reactive ketones (excluding diaryl/α,β-unsaturated/α-hetero) is 1. The van der Waals surface area contributed by atoms with Crippen LogP contribution in [0.2, 0.25) is 0 Å². The molecule has 28 heavy (non-hydrogen) atoms. The number of hydrogen-bond donors (Lipinski definition) is 2. The normalized spacial score (nSPS) is 18.1. The lowest BCUT2D eigenvalue weighted by atomic mass is 9.90. The minimum Gasteiger partial charge on any atom is -0.369 e. The Labute approximate surface area is 170 Å². The number of fused-ring (bicyclic) bond motifs is 1. The van der Waals surface area contributed by atoms with E-state index in [0.29, 0.717) is 35.7 Å². The van der Waals surface area contributed by atoms with Gasteiger partial charge in [0.15, 0.2) is 5.78 Å². The zero-order chi connectivity index (χ0) is 19.7. The molecule has 0 aliphatic carbocycles. The van der Waals surface area contributed by atoms with Crippen molar-refractivity contribution in [3.63, 3.8) is 0 Å². The molecule has 2 aliphatic rings. The lowest BCUT2D eigenvalue weighted by molar-refractivity contribution is -0.132. The Morgan fingerprint density at radius 1 is 1.11 bits per heavy atom. The van der Waals surface area contributed by atoms with Crippen molar-refractivity contribution < 1.29 is 14.4 Å². The highest BCUT2D eigenvalue weighted by Crippen LogP contribution is 2.35. The van der Waals surface area contributed by atoms with Crippen LogP contribution in [0.3, 0.4) is 0 Å². The number of nitrogens with zero attached hydrogens (tertiary/aromatic N) is 1. The minimum absolute atomic E-state index is 0.0764. The molecule has 1 saturated heterocycles. The Morgan fingerprint density at radius 2 is 1.82 bits per heavy atom. The van der Waals surface area contributed by atoms with Gasteiger partial charge in [-0.1, -0.05) is 34.1 Å². The van der Waals surface area contributed by atoms with E-state index in [0.717, 1.165) is 4.47 Å². The summed E-state index contributed by atoms with van der Waals surface area (Å²) in [5.41, 5.74) is 1.51. The number of carbonyl (C=O) groups excluding carboxylic acids is 3. The summed E-state index contributed by atoms with van der Waals surface area (Å²) in [6.45, 7) is 1.10. The van der Waals surface area contributed by atoms with Crippen LogP contribution in [0.4, 0.5) is 5.69 Å². The maximum atomic E-state index is 13.2. The summed E-state index contributed by atoms with van der Waals surface area (Å²) in [5, 5.41) is 5.93. The van der Waals surface area contributed by atoms with E-state index in [9.17, 15) is 14.4 Å². The number of nitrogens with one attached hydrogen (secondary N) is 2. The highest BCUT2D eigenvalue weighted by molar-refractivity contribution is 9.10. The van der Waals surface area contributed by atoms with Gasteiger partial charge in [0.25, 0.3) is 0 Å². The fraction of sp³-hybridized carbons (Fsp3) is 0.190. The van der Waals surface area contributed by atoms with Crippen LogP contribution in [0.1, 0.15) is 16.8 Å². The number of amides is 2. The maximum absolute atomic E-state index is 13.2. The number of halogens is 1. The SMILES string of the molecule is O=C(C[C@H]1C(=O)N2CCNC2=C1C(=O)c1ccc(Br)cc1)Nc1ccccc1. The van der Waals surface area contributed by atoms with Crippen LogP contribution in [0.25, 0.3) is 0 Å². The molecule has 2 aromatic carbocycles. The standard InChI is InChI=1S/C21H18BrN3O3/c22-14-8-6-13(7-9-14)19(27)18-16(21(28)25-11-10-23-20(18)25)12-17(26)24-15-4-2-1-3-5-15/h1-9,16,23H,10-12H2,(H,24,26)/t16-/m1/s1. The van der Waals surface area contributed by atoms with Crippen molar-refractivity contribution in [2.45, 2.75) is 6.42 Å². The van der Waals surface area contributed by atoms with E-state index in [1.54, 1.807) is 41.3 Å². The van der Waals surface area contributed by atoms with Crippen molar-refractivity contribution >= 4 is 39.2 Å². The van der Waals surface area contributed by atoms with E-state index in [-0.39, 0.29) is 24.0 Å². The molecule has 2 N–H and O–H groups in total. The smallest absolute Gasteiger partial charge is 0.236 e. The van der Waals surface area contributed by atoms with Crippen LogP contribution < -0.4 is 10.6 Å². The first-order chi connectivity index (χ1) is 13.5. The fourth-order valence-electron chi connectivity index (χ4n) is 3.56. The number of carbonyl (C=O) groups is 3.